The first-order valence-electron chi connectivity index (χ1n) is 5.12. The highest BCUT2D eigenvalue weighted by atomic mass is 79.9. The number of rotatable bonds is 5. The minimum absolute atomic E-state index is 0.129. The van der Waals surface area contributed by atoms with Crippen LogP contribution in [0.1, 0.15) is 29.3 Å². The van der Waals surface area contributed by atoms with Crippen LogP contribution >= 0.6 is 27.5 Å². The van der Waals surface area contributed by atoms with Gasteiger partial charge < -0.3 is 0 Å². The summed E-state index contributed by atoms with van der Waals surface area (Å²) >= 11 is 8.75. The summed E-state index contributed by atoms with van der Waals surface area (Å²) in [4.78, 5) is 11.4. The van der Waals surface area contributed by atoms with Gasteiger partial charge in [0.25, 0.3) is 0 Å². The summed E-state index contributed by atoms with van der Waals surface area (Å²) in [6, 6.07) is 4.73. The first kappa shape index (κ1) is 13.7. The van der Waals surface area contributed by atoms with Crippen molar-refractivity contribution in [2.45, 2.75) is 24.6 Å². The van der Waals surface area contributed by atoms with E-state index in [4.69, 9.17) is 11.6 Å². The zero-order chi connectivity index (χ0) is 12.1. The number of alkyl halides is 2. The van der Waals surface area contributed by atoms with E-state index < -0.39 is 10.6 Å². The van der Waals surface area contributed by atoms with E-state index >= 15 is 0 Å². The van der Waals surface area contributed by atoms with Gasteiger partial charge in [-0.3, -0.25) is 4.79 Å². The van der Waals surface area contributed by atoms with Crippen LogP contribution in [0.15, 0.2) is 18.2 Å². The van der Waals surface area contributed by atoms with E-state index in [1.165, 1.54) is 6.07 Å². The van der Waals surface area contributed by atoms with Crippen LogP contribution in [0.5, 0.6) is 0 Å². The smallest absolute Gasteiger partial charge is 0.179 e. The van der Waals surface area contributed by atoms with Crippen LogP contribution in [-0.2, 0) is 6.42 Å². The Morgan fingerprint density at radius 1 is 1.56 bits per heavy atom. The van der Waals surface area contributed by atoms with Crippen LogP contribution in [-0.4, -0.2) is 16.5 Å². The molecular weight excluding hydrogens is 294 g/mol. The third kappa shape index (κ3) is 3.29. The number of Topliss-reactive ketones (excluding diaryl/α,β-unsaturated/α-hetero) is 1. The number of hydrogen-bond acceptors (Lipinski definition) is 1. The van der Waals surface area contributed by atoms with Crippen molar-refractivity contribution in [3.63, 3.8) is 0 Å². The molecule has 0 heterocycles. The largest absolute Gasteiger partial charge is 0.293 e. The third-order valence-electron chi connectivity index (χ3n) is 2.35. The molecule has 0 N–H and O–H groups in total. The minimum Gasteiger partial charge on any atom is -0.293 e. The van der Waals surface area contributed by atoms with E-state index in [9.17, 15) is 9.18 Å². The lowest BCUT2D eigenvalue weighted by Crippen LogP contribution is -2.16. The molecule has 1 atom stereocenters. The Bertz CT molecular complexity index is 381. The number of carbonyl (C=O) groups is 1. The fourth-order valence-electron chi connectivity index (χ4n) is 1.37. The highest BCUT2D eigenvalue weighted by molar-refractivity contribution is 9.10. The molecule has 0 saturated carbocycles. The van der Waals surface area contributed by atoms with Crippen molar-refractivity contribution in [3.05, 3.63) is 35.1 Å². The SMILES string of the molecule is CCc1ccc(C(=O)C(Br)CCCl)c(F)c1. The van der Waals surface area contributed by atoms with Gasteiger partial charge in [0.15, 0.2) is 5.78 Å². The number of benzene rings is 1. The average molecular weight is 308 g/mol. The van der Waals surface area contributed by atoms with E-state index in [1.807, 2.05) is 6.92 Å². The maximum absolute atomic E-state index is 13.6. The number of ketones is 1. The fourth-order valence-corrected chi connectivity index (χ4v) is 2.33. The molecule has 4 heteroatoms. The van der Waals surface area contributed by atoms with Crippen LogP contribution in [0.2, 0.25) is 0 Å². The maximum atomic E-state index is 13.6. The van der Waals surface area contributed by atoms with E-state index in [1.54, 1.807) is 12.1 Å². The number of hydrogen-bond donors (Lipinski definition) is 0. The molecule has 0 aromatic heterocycles. The molecule has 0 bridgehead atoms. The standard InChI is InChI=1S/C12H13BrClFO/c1-2-8-3-4-9(11(15)7-8)12(16)10(13)5-6-14/h3-4,7,10H,2,5-6H2,1H3. The molecule has 16 heavy (non-hydrogen) atoms. The van der Waals surface area contributed by atoms with E-state index in [-0.39, 0.29) is 11.3 Å². The second-order valence-electron chi connectivity index (χ2n) is 3.48. The van der Waals surface area contributed by atoms with E-state index in [0.717, 1.165) is 12.0 Å². The molecule has 1 aromatic carbocycles. The summed E-state index contributed by atoms with van der Waals surface area (Å²) in [5.41, 5.74) is 1.02. The number of aryl methyl sites for hydroxylation is 1. The number of carbonyl (C=O) groups excluding carboxylic acids is 1. The molecule has 0 aliphatic carbocycles. The summed E-state index contributed by atoms with van der Waals surface area (Å²) in [5.74, 6) is -0.333. The molecule has 0 aliphatic rings. The third-order valence-corrected chi connectivity index (χ3v) is 3.45. The quantitative estimate of drug-likeness (QED) is 0.594. The van der Waals surface area contributed by atoms with E-state index in [2.05, 4.69) is 15.9 Å². The molecule has 0 fully saturated rings. The van der Waals surface area contributed by atoms with Gasteiger partial charge in [-0.25, -0.2) is 4.39 Å². The van der Waals surface area contributed by atoms with Crippen LogP contribution < -0.4 is 0 Å². The minimum atomic E-state index is -0.455. The topological polar surface area (TPSA) is 17.1 Å². The van der Waals surface area contributed by atoms with Crippen LogP contribution in [0.25, 0.3) is 0 Å². The first-order chi connectivity index (χ1) is 7.60. The zero-order valence-electron chi connectivity index (χ0n) is 8.97. The van der Waals surface area contributed by atoms with Crippen LogP contribution in [0, 0.1) is 5.82 Å². The molecule has 0 radical (unpaired) electrons. The van der Waals surface area contributed by atoms with Crippen molar-refractivity contribution >= 4 is 33.3 Å². The van der Waals surface area contributed by atoms with Crippen molar-refractivity contribution in [2.24, 2.45) is 0 Å². The molecule has 88 valence electrons. The lowest BCUT2D eigenvalue weighted by molar-refractivity contribution is 0.0986. The molecular formula is C12H13BrClFO. The Kier molecular flexibility index (Phi) is 5.42. The van der Waals surface area contributed by atoms with Gasteiger partial charge in [0.1, 0.15) is 5.82 Å². The molecule has 0 amide bonds. The Labute approximate surface area is 108 Å². The monoisotopic (exact) mass is 306 g/mol. The van der Waals surface area contributed by atoms with E-state index in [0.29, 0.717) is 12.3 Å². The molecule has 0 spiro atoms. The normalized spacial score (nSPS) is 12.5. The van der Waals surface area contributed by atoms with Crippen molar-refractivity contribution < 1.29 is 9.18 Å². The fraction of sp³-hybridized carbons (Fsp3) is 0.417. The molecule has 1 unspecified atom stereocenters. The predicted molar refractivity (Wildman–Crippen MR) is 68.2 cm³/mol. The van der Waals surface area contributed by atoms with Gasteiger partial charge in [-0.05, 0) is 30.5 Å². The van der Waals surface area contributed by atoms with Crippen LogP contribution in [0.3, 0.4) is 0 Å². The van der Waals surface area contributed by atoms with Gasteiger partial charge in [-0.15, -0.1) is 11.6 Å². The highest BCUT2D eigenvalue weighted by Gasteiger charge is 2.19. The molecule has 0 aliphatic heterocycles. The van der Waals surface area contributed by atoms with Crippen molar-refractivity contribution in [1.82, 2.24) is 0 Å². The maximum Gasteiger partial charge on any atom is 0.179 e. The van der Waals surface area contributed by atoms with Gasteiger partial charge >= 0.3 is 0 Å². The molecule has 0 saturated heterocycles. The van der Waals surface area contributed by atoms with Crippen molar-refractivity contribution in [1.29, 1.82) is 0 Å². The number of halogens is 3. The Morgan fingerprint density at radius 3 is 2.75 bits per heavy atom. The van der Waals surface area contributed by atoms with Gasteiger partial charge in [-0.2, -0.15) is 0 Å². The summed E-state index contributed by atoms with van der Waals surface area (Å²) in [6.45, 7) is 1.94. The van der Waals surface area contributed by atoms with Crippen molar-refractivity contribution in [3.8, 4) is 0 Å². The van der Waals surface area contributed by atoms with Gasteiger partial charge in [0, 0.05) is 5.88 Å². The second kappa shape index (κ2) is 6.36. The van der Waals surface area contributed by atoms with Gasteiger partial charge in [-0.1, -0.05) is 28.9 Å². The lowest BCUT2D eigenvalue weighted by Gasteiger charge is -2.08. The molecule has 1 aromatic rings. The second-order valence-corrected chi connectivity index (χ2v) is 4.96. The summed E-state index contributed by atoms with van der Waals surface area (Å²) in [5, 5.41) is 0. The molecule has 1 rings (SSSR count). The van der Waals surface area contributed by atoms with Gasteiger partial charge in [0.2, 0.25) is 0 Å². The summed E-state index contributed by atoms with van der Waals surface area (Å²) < 4.78 is 13.6. The Morgan fingerprint density at radius 2 is 2.25 bits per heavy atom. The first-order valence-corrected chi connectivity index (χ1v) is 6.57. The summed E-state index contributed by atoms with van der Waals surface area (Å²) in [7, 11) is 0. The van der Waals surface area contributed by atoms with Crippen LogP contribution in [0.4, 0.5) is 4.39 Å². The Hall–Kier alpha value is -0.410. The average Bonchev–Trinajstić information content (AvgIpc) is 2.28. The highest BCUT2D eigenvalue weighted by Crippen LogP contribution is 2.18. The molecule has 1 nitrogen and oxygen atoms in total. The predicted octanol–water partition coefficient (Wildman–Crippen LogP) is 3.96. The zero-order valence-corrected chi connectivity index (χ0v) is 11.3. The summed E-state index contributed by atoms with van der Waals surface area (Å²) in [6.07, 6.45) is 1.25. The van der Waals surface area contributed by atoms with Crippen molar-refractivity contribution in [2.75, 3.05) is 5.88 Å². The van der Waals surface area contributed by atoms with Gasteiger partial charge in [0.05, 0.1) is 10.4 Å². The Balaban J connectivity index is 2.91. The lowest BCUT2D eigenvalue weighted by atomic mass is 10.0.